The quantitative estimate of drug-likeness (QED) is 0.578. The molecule has 0 aromatic heterocycles. The van der Waals surface area contributed by atoms with E-state index in [1.165, 1.54) is 5.57 Å². The van der Waals surface area contributed by atoms with E-state index in [0.717, 1.165) is 11.3 Å². The third kappa shape index (κ3) is 3.70. The number of carbonyl (C=O) groups is 1. The van der Waals surface area contributed by atoms with Gasteiger partial charge < -0.3 is 9.47 Å². The molecule has 2 atom stereocenters. The lowest BCUT2D eigenvalue weighted by molar-refractivity contribution is -0.147. The number of ether oxygens (including phenoxy) is 2. The van der Waals surface area contributed by atoms with Gasteiger partial charge in [0.15, 0.2) is 0 Å². The number of esters is 1. The van der Waals surface area contributed by atoms with Crippen LogP contribution in [0.25, 0.3) is 0 Å². The average Bonchev–Trinajstić information content (AvgIpc) is 2.97. The van der Waals surface area contributed by atoms with Crippen molar-refractivity contribution in [1.82, 2.24) is 0 Å². The van der Waals surface area contributed by atoms with Gasteiger partial charge in [-0.3, -0.25) is 4.79 Å². The van der Waals surface area contributed by atoms with E-state index in [4.69, 9.17) is 9.47 Å². The minimum absolute atomic E-state index is 0.00151. The Kier molecular flexibility index (Phi) is 4.94. The number of allylic oxidation sites excluding steroid dienone is 2. The van der Waals surface area contributed by atoms with Gasteiger partial charge in [-0.1, -0.05) is 37.6 Å². The summed E-state index contributed by atoms with van der Waals surface area (Å²) in [6, 6.07) is 7.69. The zero-order valence-electron chi connectivity index (χ0n) is 14.2. The summed E-state index contributed by atoms with van der Waals surface area (Å²) in [5.41, 5.74) is 2.20. The normalized spacial score (nSPS) is 21.9. The lowest BCUT2D eigenvalue weighted by atomic mass is 10.1. The summed E-state index contributed by atoms with van der Waals surface area (Å²) in [6.45, 7) is 11.3. The van der Waals surface area contributed by atoms with E-state index < -0.39 is 0 Å². The Hall–Kier alpha value is -1.77. The summed E-state index contributed by atoms with van der Waals surface area (Å²) in [7, 11) is 0. The van der Waals surface area contributed by atoms with Crippen LogP contribution in [-0.2, 0) is 16.1 Å². The van der Waals surface area contributed by atoms with Crippen molar-refractivity contribution in [2.45, 2.75) is 41.2 Å². The molecule has 1 aliphatic rings. The molecule has 2 rings (SSSR count). The first kappa shape index (κ1) is 16.6. The molecule has 1 aromatic rings. The zero-order chi connectivity index (χ0) is 16.3. The van der Waals surface area contributed by atoms with E-state index in [9.17, 15) is 4.79 Å². The summed E-state index contributed by atoms with van der Waals surface area (Å²) in [5, 5.41) is 0. The predicted molar refractivity (Wildman–Crippen MR) is 87.6 cm³/mol. The maximum atomic E-state index is 12.3. The van der Waals surface area contributed by atoms with Crippen LogP contribution in [0.5, 0.6) is 5.75 Å². The Morgan fingerprint density at radius 1 is 1.32 bits per heavy atom. The second kappa shape index (κ2) is 6.55. The lowest BCUT2D eigenvalue weighted by Crippen LogP contribution is -2.10. The number of hydrogen-bond acceptors (Lipinski definition) is 3. The SMILES string of the molecule is CCOc1cccc(COC(=O)C2C(C=C(C)C)C2(C)C)c1. The van der Waals surface area contributed by atoms with Crippen LogP contribution in [0, 0.1) is 17.3 Å². The first-order valence-electron chi connectivity index (χ1n) is 7.89. The summed E-state index contributed by atoms with van der Waals surface area (Å²) in [5.74, 6) is 0.969. The van der Waals surface area contributed by atoms with Crippen LogP contribution >= 0.6 is 0 Å². The number of hydrogen-bond donors (Lipinski definition) is 0. The number of carbonyl (C=O) groups excluding carboxylic acids is 1. The molecule has 1 fully saturated rings. The predicted octanol–water partition coefficient (Wildman–Crippen LogP) is 4.37. The van der Waals surface area contributed by atoms with Gasteiger partial charge in [0.05, 0.1) is 12.5 Å². The van der Waals surface area contributed by atoms with Crippen LogP contribution in [0.2, 0.25) is 0 Å². The van der Waals surface area contributed by atoms with E-state index in [1.54, 1.807) is 0 Å². The molecule has 22 heavy (non-hydrogen) atoms. The van der Waals surface area contributed by atoms with Crippen molar-refractivity contribution in [3.05, 3.63) is 41.5 Å². The van der Waals surface area contributed by atoms with Crippen LogP contribution in [0.15, 0.2) is 35.9 Å². The van der Waals surface area contributed by atoms with Crippen molar-refractivity contribution in [2.24, 2.45) is 17.3 Å². The fraction of sp³-hybridized carbons (Fsp3) is 0.526. The summed E-state index contributed by atoms with van der Waals surface area (Å²) in [4.78, 5) is 12.3. The minimum Gasteiger partial charge on any atom is -0.494 e. The molecule has 0 bridgehead atoms. The molecule has 0 radical (unpaired) electrons. The molecule has 3 nitrogen and oxygen atoms in total. The van der Waals surface area contributed by atoms with Gasteiger partial charge in [0.25, 0.3) is 0 Å². The van der Waals surface area contributed by atoms with Crippen LogP contribution in [0.3, 0.4) is 0 Å². The first-order valence-corrected chi connectivity index (χ1v) is 7.89. The highest BCUT2D eigenvalue weighted by atomic mass is 16.5. The van der Waals surface area contributed by atoms with Gasteiger partial charge in [0.2, 0.25) is 0 Å². The standard InChI is InChI=1S/C19H26O3/c1-6-21-15-9-7-8-14(11-15)12-22-18(20)17-16(10-13(2)3)19(17,4)5/h7-11,16-17H,6,12H2,1-5H3. The highest BCUT2D eigenvalue weighted by molar-refractivity contribution is 5.78. The molecule has 2 unspecified atom stereocenters. The Morgan fingerprint density at radius 3 is 2.68 bits per heavy atom. The highest BCUT2D eigenvalue weighted by Crippen LogP contribution is 2.59. The second-order valence-corrected chi connectivity index (χ2v) is 6.76. The number of rotatable bonds is 6. The maximum absolute atomic E-state index is 12.3. The molecule has 0 aliphatic heterocycles. The Balaban J connectivity index is 1.94. The molecular weight excluding hydrogens is 276 g/mol. The third-order valence-corrected chi connectivity index (χ3v) is 4.27. The average molecular weight is 302 g/mol. The molecule has 1 saturated carbocycles. The summed E-state index contributed by atoms with van der Waals surface area (Å²) in [6.07, 6.45) is 2.18. The van der Waals surface area contributed by atoms with Crippen LogP contribution < -0.4 is 4.74 Å². The van der Waals surface area contributed by atoms with Crippen molar-refractivity contribution in [3.63, 3.8) is 0 Å². The number of benzene rings is 1. The first-order chi connectivity index (χ1) is 10.4. The fourth-order valence-electron chi connectivity index (χ4n) is 2.93. The van der Waals surface area contributed by atoms with E-state index in [-0.39, 0.29) is 17.3 Å². The maximum Gasteiger partial charge on any atom is 0.310 e. The second-order valence-electron chi connectivity index (χ2n) is 6.76. The monoisotopic (exact) mass is 302 g/mol. The van der Waals surface area contributed by atoms with Crippen molar-refractivity contribution in [1.29, 1.82) is 0 Å². The van der Waals surface area contributed by atoms with Crippen molar-refractivity contribution in [2.75, 3.05) is 6.61 Å². The fourth-order valence-corrected chi connectivity index (χ4v) is 2.93. The van der Waals surface area contributed by atoms with Crippen molar-refractivity contribution < 1.29 is 14.3 Å². The molecular formula is C19H26O3. The van der Waals surface area contributed by atoms with E-state index in [1.807, 2.05) is 31.2 Å². The highest BCUT2D eigenvalue weighted by Gasteiger charge is 2.61. The van der Waals surface area contributed by atoms with Gasteiger partial charge in [-0.15, -0.1) is 0 Å². The lowest BCUT2D eigenvalue weighted by Gasteiger charge is -2.08. The van der Waals surface area contributed by atoms with Gasteiger partial charge in [-0.2, -0.15) is 0 Å². The smallest absolute Gasteiger partial charge is 0.310 e. The van der Waals surface area contributed by atoms with Crippen LogP contribution in [0.1, 0.15) is 40.2 Å². The Bertz CT molecular complexity index is 568. The van der Waals surface area contributed by atoms with E-state index in [0.29, 0.717) is 19.1 Å². The molecule has 1 aromatic carbocycles. The Morgan fingerprint density at radius 2 is 2.05 bits per heavy atom. The van der Waals surface area contributed by atoms with Crippen LogP contribution in [-0.4, -0.2) is 12.6 Å². The molecule has 0 heterocycles. The minimum atomic E-state index is -0.102. The van der Waals surface area contributed by atoms with Crippen LogP contribution in [0.4, 0.5) is 0 Å². The van der Waals surface area contributed by atoms with E-state index in [2.05, 4.69) is 33.8 Å². The molecule has 0 amide bonds. The molecule has 0 spiro atoms. The molecule has 0 N–H and O–H groups in total. The van der Waals surface area contributed by atoms with Gasteiger partial charge in [0, 0.05) is 0 Å². The van der Waals surface area contributed by atoms with Gasteiger partial charge in [-0.05, 0) is 49.8 Å². The topological polar surface area (TPSA) is 35.5 Å². The molecule has 1 aliphatic carbocycles. The van der Waals surface area contributed by atoms with Gasteiger partial charge >= 0.3 is 5.97 Å². The zero-order valence-corrected chi connectivity index (χ0v) is 14.2. The third-order valence-electron chi connectivity index (χ3n) is 4.27. The molecule has 120 valence electrons. The Labute approximate surface area is 133 Å². The van der Waals surface area contributed by atoms with Crippen molar-refractivity contribution >= 4 is 5.97 Å². The van der Waals surface area contributed by atoms with Crippen molar-refractivity contribution in [3.8, 4) is 5.75 Å². The van der Waals surface area contributed by atoms with Gasteiger partial charge in [-0.25, -0.2) is 0 Å². The van der Waals surface area contributed by atoms with E-state index >= 15 is 0 Å². The molecule has 3 heteroatoms. The largest absolute Gasteiger partial charge is 0.494 e. The van der Waals surface area contributed by atoms with Gasteiger partial charge in [0.1, 0.15) is 12.4 Å². The summed E-state index contributed by atoms with van der Waals surface area (Å²) < 4.78 is 11.0. The molecule has 0 saturated heterocycles. The summed E-state index contributed by atoms with van der Waals surface area (Å²) >= 11 is 0.